The quantitative estimate of drug-likeness (QED) is 0.793. The number of rotatable bonds is 5. The molecule has 24 heavy (non-hydrogen) atoms. The maximum Gasteiger partial charge on any atom is 0.241 e. The topological polar surface area (TPSA) is 47.1 Å². The zero-order chi connectivity index (χ0) is 17.7. The molecule has 132 valence electrons. The van der Waals surface area contributed by atoms with Gasteiger partial charge in [-0.05, 0) is 18.2 Å². The molecule has 0 unspecified atom stereocenters. The van der Waals surface area contributed by atoms with E-state index in [1.807, 2.05) is 24.3 Å². The van der Waals surface area contributed by atoms with Crippen LogP contribution < -0.4 is 4.90 Å². The molecule has 0 aromatic heterocycles. The summed E-state index contributed by atoms with van der Waals surface area (Å²) in [6.45, 7) is 3.80. The maximum atomic E-state index is 12.2. The monoisotopic (exact) mass is 352 g/mol. The number of halogens is 1. The standard InChI is InChI=1S/C17H25ClN4O2/c1-19(2)16(23)12-20(3)17(24)13-21-7-9-22(10-8-21)15-6-4-5-14(18)11-15/h4-6,11H,7-10,12-13H2,1-3H3. The highest BCUT2D eigenvalue weighted by Crippen LogP contribution is 2.20. The largest absolute Gasteiger partial charge is 0.369 e. The Hall–Kier alpha value is -1.79. The van der Waals surface area contributed by atoms with E-state index in [4.69, 9.17) is 11.6 Å². The van der Waals surface area contributed by atoms with Crippen LogP contribution in [0, 0.1) is 0 Å². The summed E-state index contributed by atoms with van der Waals surface area (Å²) in [4.78, 5) is 31.3. The van der Waals surface area contributed by atoms with E-state index in [-0.39, 0.29) is 18.4 Å². The molecule has 1 heterocycles. The summed E-state index contributed by atoms with van der Waals surface area (Å²) in [5.74, 6) is -0.0990. The molecule has 2 rings (SSSR count). The zero-order valence-electron chi connectivity index (χ0n) is 14.5. The summed E-state index contributed by atoms with van der Waals surface area (Å²) in [5.41, 5.74) is 1.11. The van der Waals surface area contributed by atoms with Gasteiger partial charge in [-0.2, -0.15) is 0 Å². The third kappa shape index (κ3) is 5.11. The van der Waals surface area contributed by atoms with Crippen LogP contribution in [0.3, 0.4) is 0 Å². The van der Waals surface area contributed by atoms with Gasteiger partial charge in [0.2, 0.25) is 11.8 Å². The lowest BCUT2D eigenvalue weighted by Gasteiger charge is -2.36. The Bertz CT molecular complexity index is 586. The zero-order valence-corrected chi connectivity index (χ0v) is 15.3. The average Bonchev–Trinajstić information content (AvgIpc) is 2.55. The third-order valence-electron chi connectivity index (χ3n) is 4.20. The molecule has 1 fully saturated rings. The highest BCUT2D eigenvalue weighted by atomic mass is 35.5. The molecule has 1 aromatic carbocycles. The van der Waals surface area contributed by atoms with Crippen molar-refractivity contribution < 1.29 is 9.59 Å². The van der Waals surface area contributed by atoms with E-state index < -0.39 is 0 Å². The van der Waals surface area contributed by atoms with Crippen molar-refractivity contribution in [1.29, 1.82) is 0 Å². The average molecular weight is 353 g/mol. The summed E-state index contributed by atoms with van der Waals surface area (Å²) in [6, 6.07) is 7.82. The Morgan fingerprint density at radius 1 is 1.08 bits per heavy atom. The first-order valence-corrected chi connectivity index (χ1v) is 8.41. The molecule has 0 atom stereocenters. The van der Waals surface area contributed by atoms with Crippen LogP contribution in [0.5, 0.6) is 0 Å². The Kier molecular flexibility index (Phi) is 6.45. The molecule has 0 aliphatic carbocycles. The number of amides is 2. The molecule has 0 spiro atoms. The highest BCUT2D eigenvalue weighted by molar-refractivity contribution is 6.30. The number of anilines is 1. The summed E-state index contributed by atoms with van der Waals surface area (Å²) in [7, 11) is 5.05. The van der Waals surface area contributed by atoms with Crippen molar-refractivity contribution in [3.8, 4) is 0 Å². The van der Waals surface area contributed by atoms with Gasteiger partial charge in [0.1, 0.15) is 0 Å². The molecule has 6 nitrogen and oxygen atoms in total. The Morgan fingerprint density at radius 3 is 2.33 bits per heavy atom. The molecule has 0 radical (unpaired) electrons. The van der Waals surface area contributed by atoms with Gasteiger partial charge in [0.15, 0.2) is 0 Å². The SMILES string of the molecule is CN(C)C(=O)CN(C)C(=O)CN1CCN(c2cccc(Cl)c2)CC1. The van der Waals surface area contributed by atoms with Crippen LogP contribution >= 0.6 is 11.6 Å². The van der Waals surface area contributed by atoms with Crippen LogP contribution in [0.2, 0.25) is 5.02 Å². The van der Waals surface area contributed by atoms with E-state index in [1.54, 1.807) is 21.1 Å². The van der Waals surface area contributed by atoms with Crippen molar-refractivity contribution in [3.05, 3.63) is 29.3 Å². The van der Waals surface area contributed by atoms with E-state index in [9.17, 15) is 9.59 Å². The predicted octanol–water partition coefficient (Wildman–Crippen LogP) is 1.01. The molecule has 0 bridgehead atoms. The third-order valence-corrected chi connectivity index (χ3v) is 4.44. The smallest absolute Gasteiger partial charge is 0.241 e. The molecule has 1 saturated heterocycles. The van der Waals surface area contributed by atoms with Gasteiger partial charge in [-0.25, -0.2) is 0 Å². The molecule has 1 aromatic rings. The molecule has 1 aliphatic rings. The van der Waals surface area contributed by atoms with Crippen molar-refractivity contribution in [2.75, 3.05) is 65.3 Å². The fourth-order valence-corrected chi connectivity index (χ4v) is 2.77. The van der Waals surface area contributed by atoms with Crippen molar-refractivity contribution in [3.63, 3.8) is 0 Å². The number of carbonyl (C=O) groups excluding carboxylic acids is 2. The molecule has 1 aliphatic heterocycles. The van der Waals surface area contributed by atoms with E-state index in [2.05, 4.69) is 9.80 Å². The summed E-state index contributed by atoms with van der Waals surface area (Å²) in [6.07, 6.45) is 0. The lowest BCUT2D eigenvalue weighted by atomic mass is 10.2. The van der Waals surface area contributed by atoms with Gasteiger partial charge in [0, 0.05) is 58.0 Å². The predicted molar refractivity (Wildman–Crippen MR) is 96.4 cm³/mol. The van der Waals surface area contributed by atoms with Gasteiger partial charge < -0.3 is 14.7 Å². The van der Waals surface area contributed by atoms with Crippen molar-refractivity contribution in [2.45, 2.75) is 0 Å². The molecule has 7 heteroatoms. The van der Waals surface area contributed by atoms with Crippen LogP contribution in [0.1, 0.15) is 0 Å². The van der Waals surface area contributed by atoms with Gasteiger partial charge >= 0.3 is 0 Å². The van der Waals surface area contributed by atoms with Crippen LogP contribution in [0.4, 0.5) is 5.69 Å². The van der Waals surface area contributed by atoms with Gasteiger partial charge in [-0.15, -0.1) is 0 Å². The van der Waals surface area contributed by atoms with Crippen LogP contribution in [0.15, 0.2) is 24.3 Å². The normalized spacial score (nSPS) is 15.2. The van der Waals surface area contributed by atoms with Gasteiger partial charge in [0.05, 0.1) is 13.1 Å². The second-order valence-corrected chi connectivity index (χ2v) is 6.72. The maximum absolute atomic E-state index is 12.2. The Labute approximate surface area is 148 Å². The van der Waals surface area contributed by atoms with E-state index in [0.29, 0.717) is 6.54 Å². The number of hydrogen-bond donors (Lipinski definition) is 0. The van der Waals surface area contributed by atoms with E-state index in [1.165, 1.54) is 9.80 Å². The lowest BCUT2D eigenvalue weighted by molar-refractivity contribution is -0.138. The van der Waals surface area contributed by atoms with Gasteiger partial charge in [-0.3, -0.25) is 14.5 Å². The van der Waals surface area contributed by atoms with Crippen LogP contribution in [-0.2, 0) is 9.59 Å². The molecule has 0 saturated carbocycles. The first kappa shape index (κ1) is 18.5. The van der Waals surface area contributed by atoms with Crippen molar-refractivity contribution >= 4 is 29.1 Å². The Balaban J connectivity index is 1.80. The van der Waals surface area contributed by atoms with Crippen LogP contribution in [-0.4, -0.2) is 86.9 Å². The number of hydrogen-bond acceptors (Lipinski definition) is 4. The molecular formula is C17H25ClN4O2. The minimum Gasteiger partial charge on any atom is -0.369 e. The second kappa shape index (κ2) is 8.35. The molecule has 2 amide bonds. The summed E-state index contributed by atoms with van der Waals surface area (Å²) < 4.78 is 0. The first-order valence-electron chi connectivity index (χ1n) is 8.04. The Morgan fingerprint density at radius 2 is 1.75 bits per heavy atom. The van der Waals surface area contributed by atoms with Crippen molar-refractivity contribution in [2.24, 2.45) is 0 Å². The minimum absolute atomic E-state index is 0.0265. The number of likely N-dealkylation sites (N-methyl/N-ethyl adjacent to an activating group) is 2. The number of nitrogens with zero attached hydrogens (tertiary/aromatic N) is 4. The van der Waals surface area contributed by atoms with Crippen molar-refractivity contribution in [1.82, 2.24) is 14.7 Å². The van der Waals surface area contributed by atoms with E-state index >= 15 is 0 Å². The summed E-state index contributed by atoms with van der Waals surface area (Å²) in [5, 5.41) is 0.734. The number of piperazine rings is 1. The highest BCUT2D eigenvalue weighted by Gasteiger charge is 2.21. The van der Waals surface area contributed by atoms with Crippen LogP contribution in [0.25, 0.3) is 0 Å². The first-order chi connectivity index (χ1) is 11.4. The lowest BCUT2D eigenvalue weighted by Crippen LogP contribution is -2.50. The second-order valence-electron chi connectivity index (χ2n) is 6.28. The van der Waals surface area contributed by atoms with E-state index in [0.717, 1.165) is 36.9 Å². The molecular weight excluding hydrogens is 328 g/mol. The fraction of sp³-hybridized carbons (Fsp3) is 0.529. The summed E-state index contributed by atoms with van der Waals surface area (Å²) >= 11 is 6.04. The number of carbonyl (C=O) groups is 2. The van der Waals surface area contributed by atoms with Gasteiger partial charge in [0.25, 0.3) is 0 Å². The minimum atomic E-state index is -0.0726. The number of benzene rings is 1. The fourth-order valence-electron chi connectivity index (χ4n) is 2.58. The van der Waals surface area contributed by atoms with Gasteiger partial charge in [-0.1, -0.05) is 17.7 Å². The molecule has 0 N–H and O–H groups in total.